The highest BCUT2D eigenvalue weighted by atomic mass is 35.5. The highest BCUT2D eigenvalue weighted by Crippen LogP contribution is 2.25. The normalized spacial score (nSPS) is 12.4. The Morgan fingerprint density at radius 2 is 2.18 bits per heavy atom. The first-order chi connectivity index (χ1) is 8.08. The molecule has 0 bridgehead atoms. The second-order valence-electron chi connectivity index (χ2n) is 3.60. The Labute approximate surface area is 103 Å². The van der Waals surface area contributed by atoms with Gasteiger partial charge < -0.3 is 15.5 Å². The smallest absolute Gasteiger partial charge is 0.216 e. The summed E-state index contributed by atoms with van der Waals surface area (Å²) in [5.74, 6) is 1.78. The van der Waals surface area contributed by atoms with E-state index in [-0.39, 0.29) is 11.2 Å². The van der Waals surface area contributed by atoms with Crippen LogP contribution in [0, 0.1) is 6.92 Å². The van der Waals surface area contributed by atoms with Gasteiger partial charge in [0.25, 0.3) is 0 Å². The average molecular weight is 254 g/mol. The van der Waals surface area contributed by atoms with Crippen LogP contribution in [-0.4, -0.2) is 15.0 Å². The van der Waals surface area contributed by atoms with Gasteiger partial charge in [0.1, 0.15) is 23.8 Å². The number of nitrogens with one attached hydrogen (secondary N) is 1. The number of nitrogen functional groups attached to an aromatic ring is 1. The van der Waals surface area contributed by atoms with E-state index >= 15 is 0 Å². The third-order valence-corrected chi connectivity index (χ3v) is 2.50. The Hall–Kier alpha value is -1.82. The fraction of sp³-hybridized carbons (Fsp3) is 0.300. The second kappa shape index (κ2) is 4.58. The van der Waals surface area contributed by atoms with Crippen LogP contribution in [0.3, 0.4) is 0 Å². The highest BCUT2D eigenvalue weighted by Gasteiger charge is 2.14. The third-order valence-electron chi connectivity index (χ3n) is 2.20. The number of hydrogen-bond donors (Lipinski definition) is 2. The number of anilines is 2. The van der Waals surface area contributed by atoms with Gasteiger partial charge in [-0.2, -0.15) is 0 Å². The van der Waals surface area contributed by atoms with Crippen LogP contribution < -0.4 is 11.1 Å². The first-order valence-corrected chi connectivity index (χ1v) is 5.40. The Balaban J connectivity index is 2.18. The van der Waals surface area contributed by atoms with Crippen LogP contribution in [0.4, 0.5) is 11.5 Å². The van der Waals surface area contributed by atoms with Crippen molar-refractivity contribution in [2.75, 3.05) is 11.1 Å². The lowest BCUT2D eigenvalue weighted by Gasteiger charge is -2.12. The first kappa shape index (κ1) is 11.7. The van der Waals surface area contributed by atoms with Gasteiger partial charge in [0.15, 0.2) is 11.0 Å². The van der Waals surface area contributed by atoms with Crippen molar-refractivity contribution < 1.29 is 4.42 Å². The zero-order valence-corrected chi connectivity index (χ0v) is 10.2. The number of hydrogen-bond acceptors (Lipinski definition) is 6. The van der Waals surface area contributed by atoms with Crippen LogP contribution in [-0.2, 0) is 0 Å². The third kappa shape index (κ3) is 2.47. The summed E-state index contributed by atoms with van der Waals surface area (Å²) in [6.45, 7) is 3.72. The maximum Gasteiger partial charge on any atom is 0.216 e. The van der Waals surface area contributed by atoms with Gasteiger partial charge in [0.2, 0.25) is 5.89 Å². The number of halogens is 1. The van der Waals surface area contributed by atoms with E-state index in [2.05, 4.69) is 20.3 Å². The Bertz CT molecular complexity index is 527. The molecule has 0 saturated carbocycles. The van der Waals surface area contributed by atoms with Gasteiger partial charge in [-0.15, -0.1) is 0 Å². The summed E-state index contributed by atoms with van der Waals surface area (Å²) in [6, 6.07) is -0.156. The molecule has 1 atom stereocenters. The molecule has 0 amide bonds. The van der Waals surface area contributed by atoms with E-state index in [1.165, 1.54) is 6.33 Å². The molecule has 2 heterocycles. The summed E-state index contributed by atoms with van der Waals surface area (Å²) in [5.41, 5.74) is 6.05. The van der Waals surface area contributed by atoms with Gasteiger partial charge in [0, 0.05) is 0 Å². The molecular formula is C10H12ClN5O. The van der Waals surface area contributed by atoms with Gasteiger partial charge in [-0.25, -0.2) is 15.0 Å². The lowest BCUT2D eigenvalue weighted by molar-refractivity contribution is 0.453. The predicted molar refractivity (Wildman–Crippen MR) is 64.7 cm³/mol. The molecule has 0 saturated heterocycles. The number of aromatic nitrogens is 3. The minimum atomic E-state index is -0.156. The number of nitrogens with zero attached hydrogens (tertiary/aromatic N) is 3. The minimum Gasteiger partial charge on any atom is -0.444 e. The van der Waals surface area contributed by atoms with E-state index in [0.29, 0.717) is 17.4 Å². The summed E-state index contributed by atoms with van der Waals surface area (Å²) < 4.78 is 5.40. The molecule has 3 N–H and O–H groups in total. The SMILES string of the molecule is Cc1cnc(C(C)Nc2ncnc(Cl)c2N)o1. The van der Waals surface area contributed by atoms with Crippen LogP contribution in [0.2, 0.25) is 5.15 Å². The molecule has 90 valence electrons. The predicted octanol–water partition coefficient (Wildman–Crippen LogP) is 2.18. The molecule has 0 aliphatic rings. The van der Waals surface area contributed by atoms with Crippen molar-refractivity contribution in [2.24, 2.45) is 0 Å². The summed E-state index contributed by atoms with van der Waals surface area (Å²) >= 11 is 5.79. The van der Waals surface area contributed by atoms with Crippen molar-refractivity contribution in [1.29, 1.82) is 0 Å². The van der Waals surface area contributed by atoms with Crippen LogP contribution in [0.1, 0.15) is 24.6 Å². The van der Waals surface area contributed by atoms with Crippen LogP contribution >= 0.6 is 11.6 Å². The van der Waals surface area contributed by atoms with Gasteiger partial charge in [-0.05, 0) is 13.8 Å². The van der Waals surface area contributed by atoms with Crippen molar-refractivity contribution in [3.05, 3.63) is 29.3 Å². The Morgan fingerprint density at radius 1 is 1.41 bits per heavy atom. The summed E-state index contributed by atoms with van der Waals surface area (Å²) in [6.07, 6.45) is 3.00. The van der Waals surface area contributed by atoms with E-state index < -0.39 is 0 Å². The Kier molecular flexibility index (Phi) is 3.14. The topological polar surface area (TPSA) is 89.9 Å². The Morgan fingerprint density at radius 3 is 2.82 bits per heavy atom. The van der Waals surface area contributed by atoms with Gasteiger partial charge in [-0.3, -0.25) is 0 Å². The van der Waals surface area contributed by atoms with E-state index in [9.17, 15) is 0 Å². The molecule has 0 aromatic carbocycles. The molecule has 6 nitrogen and oxygen atoms in total. The lowest BCUT2D eigenvalue weighted by Crippen LogP contribution is -2.10. The molecule has 2 aromatic heterocycles. The largest absolute Gasteiger partial charge is 0.444 e. The molecule has 17 heavy (non-hydrogen) atoms. The monoisotopic (exact) mass is 253 g/mol. The maximum absolute atomic E-state index is 5.79. The number of rotatable bonds is 3. The standard InChI is InChI=1S/C10H12ClN5O/c1-5-3-13-10(17-5)6(2)16-9-7(12)8(11)14-4-15-9/h3-4,6H,12H2,1-2H3,(H,14,15,16). The zero-order chi connectivity index (χ0) is 12.4. The molecule has 0 aliphatic heterocycles. The lowest BCUT2D eigenvalue weighted by atomic mass is 10.3. The first-order valence-electron chi connectivity index (χ1n) is 5.02. The maximum atomic E-state index is 5.79. The van der Waals surface area contributed by atoms with E-state index in [0.717, 1.165) is 5.76 Å². The number of nitrogens with two attached hydrogens (primary N) is 1. The van der Waals surface area contributed by atoms with Gasteiger partial charge in [-0.1, -0.05) is 11.6 Å². The van der Waals surface area contributed by atoms with Crippen molar-refractivity contribution in [2.45, 2.75) is 19.9 Å². The summed E-state index contributed by atoms with van der Waals surface area (Å²) in [7, 11) is 0. The molecule has 7 heteroatoms. The molecule has 2 rings (SSSR count). The van der Waals surface area contributed by atoms with Crippen molar-refractivity contribution >= 4 is 23.1 Å². The molecule has 0 fully saturated rings. The minimum absolute atomic E-state index is 0.156. The van der Waals surface area contributed by atoms with Gasteiger partial charge >= 0.3 is 0 Å². The van der Waals surface area contributed by atoms with Crippen molar-refractivity contribution in [1.82, 2.24) is 15.0 Å². The van der Waals surface area contributed by atoms with Crippen LogP contribution in [0.5, 0.6) is 0 Å². The zero-order valence-electron chi connectivity index (χ0n) is 9.44. The quantitative estimate of drug-likeness (QED) is 0.815. The second-order valence-corrected chi connectivity index (χ2v) is 3.96. The highest BCUT2D eigenvalue weighted by molar-refractivity contribution is 6.32. The summed E-state index contributed by atoms with van der Waals surface area (Å²) in [5, 5.41) is 3.28. The van der Waals surface area contributed by atoms with Crippen molar-refractivity contribution in [3.63, 3.8) is 0 Å². The fourth-order valence-corrected chi connectivity index (χ4v) is 1.46. The molecule has 0 aliphatic carbocycles. The van der Waals surface area contributed by atoms with Crippen LogP contribution in [0.25, 0.3) is 0 Å². The van der Waals surface area contributed by atoms with Gasteiger partial charge in [0.05, 0.1) is 6.20 Å². The molecule has 1 unspecified atom stereocenters. The molecule has 2 aromatic rings. The van der Waals surface area contributed by atoms with E-state index in [1.807, 2.05) is 13.8 Å². The molecule has 0 spiro atoms. The van der Waals surface area contributed by atoms with Crippen LogP contribution in [0.15, 0.2) is 16.9 Å². The molecule has 0 radical (unpaired) electrons. The van der Waals surface area contributed by atoms with Crippen molar-refractivity contribution in [3.8, 4) is 0 Å². The molecular weight excluding hydrogens is 242 g/mol. The fourth-order valence-electron chi connectivity index (χ4n) is 1.33. The van der Waals surface area contributed by atoms with E-state index in [4.69, 9.17) is 21.8 Å². The summed E-state index contributed by atoms with van der Waals surface area (Å²) in [4.78, 5) is 11.9. The number of aryl methyl sites for hydroxylation is 1. The van der Waals surface area contributed by atoms with E-state index in [1.54, 1.807) is 6.20 Å². The number of oxazole rings is 1. The average Bonchev–Trinajstić information content (AvgIpc) is 2.72.